The van der Waals surface area contributed by atoms with Crippen molar-refractivity contribution in [2.75, 3.05) is 39.2 Å². The Morgan fingerprint density at radius 1 is 1.45 bits per heavy atom. The van der Waals surface area contributed by atoms with E-state index in [4.69, 9.17) is 19.9 Å². The van der Waals surface area contributed by atoms with Gasteiger partial charge in [-0.05, 0) is 18.2 Å². The van der Waals surface area contributed by atoms with Gasteiger partial charge in [0, 0.05) is 12.2 Å². The molecule has 1 heterocycles. The lowest BCUT2D eigenvalue weighted by Gasteiger charge is -2.23. The van der Waals surface area contributed by atoms with Crippen molar-refractivity contribution in [3.05, 3.63) is 18.2 Å². The predicted molar refractivity (Wildman–Crippen MR) is 73.2 cm³/mol. The molecule has 0 aromatic heterocycles. The van der Waals surface area contributed by atoms with Crippen molar-refractivity contribution in [1.82, 2.24) is 4.72 Å². The summed E-state index contributed by atoms with van der Waals surface area (Å²) in [5.74, 6) is 0.243. The van der Waals surface area contributed by atoms with Crippen molar-refractivity contribution in [2.45, 2.75) is 11.0 Å². The summed E-state index contributed by atoms with van der Waals surface area (Å²) in [5, 5.41) is 0. The largest absolute Gasteiger partial charge is 0.495 e. The molecule has 0 saturated carbocycles. The molecule has 2 rings (SSSR count). The third kappa shape index (κ3) is 3.60. The van der Waals surface area contributed by atoms with Crippen molar-refractivity contribution in [1.29, 1.82) is 0 Å². The van der Waals surface area contributed by atoms with Gasteiger partial charge in [-0.25, -0.2) is 13.1 Å². The molecule has 1 aliphatic rings. The first-order valence-corrected chi connectivity index (χ1v) is 7.64. The Morgan fingerprint density at radius 3 is 2.90 bits per heavy atom. The molecule has 0 spiro atoms. The standard InChI is InChI=1S/C12H18N2O5S/c1-17-11-3-2-9(13)6-12(11)20(15,16)14-7-10-8-18-4-5-19-10/h2-3,6,10,14H,4-5,7-8,13H2,1H3. The summed E-state index contributed by atoms with van der Waals surface area (Å²) in [6.07, 6.45) is -0.287. The fraction of sp³-hybridized carbons (Fsp3) is 0.500. The molecule has 0 radical (unpaired) electrons. The Kier molecular flexibility index (Phi) is 4.81. The van der Waals surface area contributed by atoms with Crippen LogP contribution >= 0.6 is 0 Å². The zero-order chi connectivity index (χ0) is 14.6. The van der Waals surface area contributed by atoms with E-state index in [1.807, 2.05) is 0 Å². The molecular weight excluding hydrogens is 284 g/mol. The molecule has 112 valence electrons. The fourth-order valence-electron chi connectivity index (χ4n) is 1.84. The lowest BCUT2D eigenvalue weighted by molar-refractivity contribution is -0.0846. The highest BCUT2D eigenvalue weighted by molar-refractivity contribution is 7.89. The van der Waals surface area contributed by atoms with E-state index in [9.17, 15) is 8.42 Å². The lowest BCUT2D eigenvalue weighted by Crippen LogP contribution is -2.39. The molecule has 1 aromatic carbocycles. The monoisotopic (exact) mass is 302 g/mol. The van der Waals surface area contributed by atoms with Crippen LogP contribution in [0.1, 0.15) is 0 Å². The van der Waals surface area contributed by atoms with Crippen molar-refractivity contribution < 1.29 is 22.6 Å². The van der Waals surface area contributed by atoms with Crippen LogP contribution in [0.2, 0.25) is 0 Å². The van der Waals surface area contributed by atoms with Crippen LogP contribution in [0.3, 0.4) is 0 Å². The summed E-state index contributed by atoms with van der Waals surface area (Å²) in [5.41, 5.74) is 5.98. The van der Waals surface area contributed by atoms with Gasteiger partial charge in [0.25, 0.3) is 0 Å². The van der Waals surface area contributed by atoms with Gasteiger partial charge in [0.05, 0.1) is 33.0 Å². The summed E-state index contributed by atoms with van der Waals surface area (Å²) in [4.78, 5) is 0.0109. The summed E-state index contributed by atoms with van der Waals surface area (Å²) >= 11 is 0. The fourth-order valence-corrected chi connectivity index (χ4v) is 3.11. The van der Waals surface area contributed by atoms with Gasteiger partial charge >= 0.3 is 0 Å². The van der Waals surface area contributed by atoms with Crippen LogP contribution in [0.25, 0.3) is 0 Å². The van der Waals surface area contributed by atoms with E-state index < -0.39 is 10.0 Å². The SMILES string of the molecule is COc1ccc(N)cc1S(=O)(=O)NCC1COCCO1. The topological polar surface area (TPSA) is 99.9 Å². The molecule has 1 unspecified atom stereocenters. The number of methoxy groups -OCH3 is 1. The number of anilines is 1. The van der Waals surface area contributed by atoms with E-state index in [1.165, 1.54) is 19.2 Å². The van der Waals surface area contributed by atoms with Crippen LogP contribution in [-0.2, 0) is 19.5 Å². The normalized spacial score (nSPS) is 19.8. The van der Waals surface area contributed by atoms with Crippen LogP contribution in [0.15, 0.2) is 23.1 Å². The van der Waals surface area contributed by atoms with Gasteiger partial charge in [0.2, 0.25) is 10.0 Å². The van der Waals surface area contributed by atoms with Crippen LogP contribution in [0.5, 0.6) is 5.75 Å². The van der Waals surface area contributed by atoms with Gasteiger partial charge in [-0.1, -0.05) is 0 Å². The maximum Gasteiger partial charge on any atom is 0.244 e. The van der Waals surface area contributed by atoms with E-state index in [0.29, 0.717) is 25.5 Å². The van der Waals surface area contributed by atoms with Gasteiger partial charge in [-0.3, -0.25) is 0 Å². The smallest absolute Gasteiger partial charge is 0.244 e. The Hall–Kier alpha value is -1.35. The zero-order valence-electron chi connectivity index (χ0n) is 11.2. The Labute approximate surface area is 118 Å². The number of ether oxygens (including phenoxy) is 3. The predicted octanol–water partition coefficient (Wildman–Crippen LogP) is -0.0289. The number of hydrogen-bond donors (Lipinski definition) is 2. The molecule has 1 fully saturated rings. The van der Waals surface area contributed by atoms with Gasteiger partial charge in [-0.2, -0.15) is 0 Å². The van der Waals surface area contributed by atoms with Crippen molar-refractivity contribution in [3.8, 4) is 5.75 Å². The number of benzene rings is 1. The van der Waals surface area contributed by atoms with Crippen LogP contribution in [0.4, 0.5) is 5.69 Å². The van der Waals surface area contributed by atoms with Crippen molar-refractivity contribution >= 4 is 15.7 Å². The highest BCUT2D eigenvalue weighted by Gasteiger charge is 2.22. The molecule has 3 N–H and O–H groups in total. The van der Waals surface area contributed by atoms with Crippen LogP contribution in [-0.4, -0.2) is 48.0 Å². The first kappa shape index (κ1) is 15.0. The number of nitrogens with one attached hydrogen (secondary N) is 1. The second-order valence-electron chi connectivity index (χ2n) is 4.33. The molecule has 8 heteroatoms. The third-order valence-corrected chi connectivity index (χ3v) is 4.31. The molecule has 0 bridgehead atoms. The molecule has 20 heavy (non-hydrogen) atoms. The van der Waals surface area contributed by atoms with E-state index in [-0.39, 0.29) is 23.3 Å². The minimum absolute atomic E-state index is 0.0109. The maximum absolute atomic E-state index is 12.3. The average Bonchev–Trinajstić information content (AvgIpc) is 2.46. The van der Waals surface area contributed by atoms with Gasteiger partial charge in [0.15, 0.2) is 0 Å². The maximum atomic E-state index is 12.3. The first-order valence-electron chi connectivity index (χ1n) is 6.15. The van der Waals surface area contributed by atoms with E-state index in [2.05, 4.69) is 4.72 Å². The van der Waals surface area contributed by atoms with Gasteiger partial charge in [-0.15, -0.1) is 0 Å². The molecule has 0 aliphatic carbocycles. The Morgan fingerprint density at radius 2 is 2.25 bits per heavy atom. The summed E-state index contributed by atoms with van der Waals surface area (Å²) in [7, 11) is -2.31. The van der Waals surface area contributed by atoms with Gasteiger partial charge in [0.1, 0.15) is 10.6 Å². The highest BCUT2D eigenvalue weighted by Crippen LogP contribution is 2.25. The second-order valence-corrected chi connectivity index (χ2v) is 6.07. The Bertz CT molecular complexity index is 555. The van der Waals surface area contributed by atoms with Crippen molar-refractivity contribution in [3.63, 3.8) is 0 Å². The zero-order valence-corrected chi connectivity index (χ0v) is 12.0. The van der Waals surface area contributed by atoms with E-state index >= 15 is 0 Å². The molecule has 1 saturated heterocycles. The number of sulfonamides is 1. The minimum Gasteiger partial charge on any atom is -0.495 e. The number of nitrogens with two attached hydrogens (primary N) is 1. The summed E-state index contributed by atoms with van der Waals surface area (Å²) in [6, 6.07) is 4.46. The molecule has 1 aromatic rings. The van der Waals surface area contributed by atoms with Crippen LogP contribution in [0, 0.1) is 0 Å². The molecule has 1 atom stereocenters. The lowest BCUT2D eigenvalue weighted by atomic mass is 10.3. The van der Waals surface area contributed by atoms with Gasteiger partial charge < -0.3 is 19.9 Å². The molecular formula is C12H18N2O5S. The molecule has 1 aliphatic heterocycles. The Balaban J connectivity index is 2.11. The number of nitrogen functional groups attached to an aromatic ring is 1. The molecule has 7 nitrogen and oxygen atoms in total. The second kappa shape index (κ2) is 6.40. The third-order valence-electron chi connectivity index (χ3n) is 2.86. The first-order chi connectivity index (χ1) is 9.53. The van der Waals surface area contributed by atoms with Crippen LogP contribution < -0.4 is 15.2 Å². The number of hydrogen-bond acceptors (Lipinski definition) is 6. The summed E-state index contributed by atoms with van der Waals surface area (Å²) < 4.78 is 42.6. The van der Waals surface area contributed by atoms with Crippen molar-refractivity contribution in [2.24, 2.45) is 0 Å². The minimum atomic E-state index is -3.72. The molecule has 0 amide bonds. The van der Waals surface area contributed by atoms with E-state index in [1.54, 1.807) is 6.07 Å². The summed E-state index contributed by atoms with van der Waals surface area (Å²) in [6.45, 7) is 1.51. The average molecular weight is 302 g/mol. The number of rotatable bonds is 5. The van der Waals surface area contributed by atoms with E-state index in [0.717, 1.165) is 0 Å². The quantitative estimate of drug-likeness (QED) is 0.741. The highest BCUT2D eigenvalue weighted by atomic mass is 32.2.